The number of rotatable bonds is 4. The van der Waals surface area contributed by atoms with Gasteiger partial charge in [-0.15, -0.1) is 0 Å². The number of benzene rings is 1. The molecule has 102 valence electrons. The quantitative estimate of drug-likeness (QED) is 0.915. The van der Waals surface area contributed by atoms with Crippen molar-refractivity contribution in [2.45, 2.75) is 39.2 Å². The SMILES string of the molecule is CCOc1cccc2c1nc(N)n2C(C)C1CCC1. The highest BCUT2D eigenvalue weighted by Gasteiger charge is 2.28. The number of nitrogens with zero attached hydrogens (tertiary/aromatic N) is 2. The Balaban J connectivity index is 2.08. The van der Waals surface area contributed by atoms with Crippen molar-refractivity contribution in [3.8, 4) is 5.75 Å². The molecular formula is C15H21N3O. The second-order valence-corrected chi connectivity index (χ2v) is 5.33. The van der Waals surface area contributed by atoms with Crippen molar-refractivity contribution in [3.63, 3.8) is 0 Å². The highest BCUT2D eigenvalue weighted by molar-refractivity contribution is 5.84. The number of fused-ring (bicyclic) bond motifs is 1. The topological polar surface area (TPSA) is 53.1 Å². The van der Waals surface area contributed by atoms with Gasteiger partial charge in [-0.2, -0.15) is 0 Å². The van der Waals surface area contributed by atoms with E-state index in [0.717, 1.165) is 22.7 Å². The van der Waals surface area contributed by atoms with Gasteiger partial charge in [0.05, 0.1) is 12.1 Å². The Bertz CT molecular complexity index is 586. The predicted molar refractivity (Wildman–Crippen MR) is 77.4 cm³/mol. The van der Waals surface area contributed by atoms with Gasteiger partial charge in [0.1, 0.15) is 11.3 Å². The van der Waals surface area contributed by atoms with Crippen molar-refractivity contribution in [2.24, 2.45) is 5.92 Å². The third-order valence-corrected chi connectivity index (χ3v) is 4.25. The molecule has 2 N–H and O–H groups in total. The number of hydrogen-bond acceptors (Lipinski definition) is 3. The summed E-state index contributed by atoms with van der Waals surface area (Å²) in [5, 5.41) is 0. The largest absolute Gasteiger partial charge is 0.492 e. The van der Waals surface area contributed by atoms with Gasteiger partial charge >= 0.3 is 0 Å². The first-order chi connectivity index (χ1) is 9.22. The summed E-state index contributed by atoms with van der Waals surface area (Å²) >= 11 is 0. The molecule has 1 aromatic heterocycles. The van der Waals surface area contributed by atoms with E-state index in [-0.39, 0.29) is 0 Å². The van der Waals surface area contributed by atoms with E-state index >= 15 is 0 Å². The zero-order valence-electron chi connectivity index (χ0n) is 11.6. The molecule has 0 radical (unpaired) electrons. The van der Waals surface area contributed by atoms with Crippen molar-refractivity contribution >= 4 is 17.0 Å². The summed E-state index contributed by atoms with van der Waals surface area (Å²) in [6.45, 7) is 4.87. The van der Waals surface area contributed by atoms with Crippen LogP contribution in [0.1, 0.15) is 39.2 Å². The van der Waals surface area contributed by atoms with Gasteiger partial charge in [-0.1, -0.05) is 12.5 Å². The maximum atomic E-state index is 6.13. The lowest BCUT2D eigenvalue weighted by Crippen LogP contribution is -2.23. The molecule has 0 aliphatic heterocycles. The van der Waals surface area contributed by atoms with Gasteiger partial charge in [-0.05, 0) is 44.7 Å². The molecule has 4 nitrogen and oxygen atoms in total. The van der Waals surface area contributed by atoms with E-state index in [1.807, 2.05) is 19.1 Å². The van der Waals surface area contributed by atoms with Crippen molar-refractivity contribution in [2.75, 3.05) is 12.3 Å². The molecule has 19 heavy (non-hydrogen) atoms. The lowest BCUT2D eigenvalue weighted by Gasteiger charge is -2.33. The minimum absolute atomic E-state index is 0.413. The zero-order valence-corrected chi connectivity index (χ0v) is 11.6. The molecule has 1 heterocycles. The van der Waals surface area contributed by atoms with E-state index in [2.05, 4.69) is 22.5 Å². The predicted octanol–water partition coefficient (Wildman–Crippen LogP) is 3.38. The summed E-state index contributed by atoms with van der Waals surface area (Å²) in [5.41, 5.74) is 8.10. The molecule has 4 heteroatoms. The van der Waals surface area contributed by atoms with Gasteiger partial charge in [-0.25, -0.2) is 4.98 Å². The van der Waals surface area contributed by atoms with E-state index in [1.165, 1.54) is 19.3 Å². The molecule has 0 saturated heterocycles. The summed E-state index contributed by atoms with van der Waals surface area (Å²) in [7, 11) is 0. The molecule has 1 atom stereocenters. The smallest absolute Gasteiger partial charge is 0.201 e. The Hall–Kier alpha value is -1.71. The second-order valence-electron chi connectivity index (χ2n) is 5.33. The van der Waals surface area contributed by atoms with Gasteiger partial charge in [0.15, 0.2) is 0 Å². The Morgan fingerprint density at radius 2 is 2.26 bits per heavy atom. The number of anilines is 1. The average Bonchev–Trinajstić information content (AvgIpc) is 2.64. The van der Waals surface area contributed by atoms with Crippen LogP contribution < -0.4 is 10.5 Å². The maximum absolute atomic E-state index is 6.13. The normalized spacial score (nSPS) is 17.4. The van der Waals surface area contributed by atoms with Crippen molar-refractivity contribution in [1.29, 1.82) is 0 Å². The number of para-hydroxylation sites is 1. The van der Waals surface area contributed by atoms with Gasteiger partial charge in [0.25, 0.3) is 0 Å². The van der Waals surface area contributed by atoms with E-state index in [9.17, 15) is 0 Å². The number of nitrogen functional groups attached to an aromatic ring is 1. The second kappa shape index (κ2) is 4.76. The zero-order chi connectivity index (χ0) is 13.4. The fraction of sp³-hybridized carbons (Fsp3) is 0.533. The first-order valence-electron chi connectivity index (χ1n) is 7.11. The van der Waals surface area contributed by atoms with Crippen LogP contribution in [0.5, 0.6) is 5.75 Å². The summed E-state index contributed by atoms with van der Waals surface area (Å²) in [5.74, 6) is 2.16. The van der Waals surface area contributed by atoms with Gasteiger partial charge < -0.3 is 15.0 Å². The van der Waals surface area contributed by atoms with Crippen LogP contribution in [0.25, 0.3) is 11.0 Å². The average molecular weight is 259 g/mol. The number of nitrogens with two attached hydrogens (primary N) is 1. The lowest BCUT2D eigenvalue weighted by atomic mass is 9.80. The van der Waals surface area contributed by atoms with Crippen molar-refractivity contribution in [1.82, 2.24) is 9.55 Å². The van der Waals surface area contributed by atoms with Gasteiger partial charge in [0.2, 0.25) is 5.95 Å². The fourth-order valence-electron chi connectivity index (χ4n) is 2.94. The Kier molecular flexibility index (Phi) is 3.09. The van der Waals surface area contributed by atoms with E-state index in [4.69, 9.17) is 10.5 Å². The first kappa shape index (κ1) is 12.3. The first-order valence-corrected chi connectivity index (χ1v) is 7.11. The molecular weight excluding hydrogens is 238 g/mol. The molecule has 2 aromatic rings. The third kappa shape index (κ3) is 1.95. The van der Waals surface area contributed by atoms with E-state index in [1.54, 1.807) is 0 Å². The van der Waals surface area contributed by atoms with Crippen molar-refractivity contribution < 1.29 is 4.74 Å². The molecule has 1 aliphatic carbocycles. The molecule has 1 saturated carbocycles. The van der Waals surface area contributed by atoms with Crippen molar-refractivity contribution in [3.05, 3.63) is 18.2 Å². The molecule has 1 aliphatic rings. The highest BCUT2D eigenvalue weighted by Crippen LogP contribution is 2.39. The third-order valence-electron chi connectivity index (χ3n) is 4.25. The van der Waals surface area contributed by atoms with Crippen LogP contribution in [0.15, 0.2) is 18.2 Å². The summed E-state index contributed by atoms with van der Waals surface area (Å²) < 4.78 is 7.80. The van der Waals surface area contributed by atoms with Crippen LogP contribution in [0, 0.1) is 5.92 Å². The van der Waals surface area contributed by atoms with E-state index in [0.29, 0.717) is 18.6 Å². The van der Waals surface area contributed by atoms with Crippen LogP contribution in [0.2, 0.25) is 0 Å². The minimum Gasteiger partial charge on any atom is -0.492 e. The standard InChI is InChI=1S/C15H21N3O/c1-3-19-13-9-5-8-12-14(13)17-15(16)18(12)10(2)11-6-4-7-11/h5,8-11H,3-4,6-7H2,1-2H3,(H2,16,17). The van der Waals surface area contributed by atoms with E-state index < -0.39 is 0 Å². The Labute approximate surface area is 113 Å². The van der Waals surface area contributed by atoms with Crippen LogP contribution in [0.3, 0.4) is 0 Å². The number of aromatic nitrogens is 2. The molecule has 1 unspecified atom stereocenters. The minimum atomic E-state index is 0.413. The Morgan fingerprint density at radius 3 is 2.89 bits per heavy atom. The highest BCUT2D eigenvalue weighted by atomic mass is 16.5. The maximum Gasteiger partial charge on any atom is 0.201 e. The van der Waals surface area contributed by atoms with Gasteiger partial charge in [-0.3, -0.25) is 0 Å². The molecule has 1 aromatic carbocycles. The Morgan fingerprint density at radius 1 is 1.47 bits per heavy atom. The molecule has 1 fully saturated rings. The number of imidazole rings is 1. The fourth-order valence-corrected chi connectivity index (χ4v) is 2.94. The molecule has 0 bridgehead atoms. The van der Waals surface area contributed by atoms with Gasteiger partial charge in [0, 0.05) is 6.04 Å². The molecule has 0 spiro atoms. The summed E-state index contributed by atoms with van der Waals surface area (Å²) in [6, 6.07) is 6.46. The van der Waals surface area contributed by atoms with Crippen LogP contribution in [0.4, 0.5) is 5.95 Å². The monoisotopic (exact) mass is 259 g/mol. The van der Waals surface area contributed by atoms with Crippen LogP contribution >= 0.6 is 0 Å². The lowest BCUT2D eigenvalue weighted by molar-refractivity contribution is 0.227. The van der Waals surface area contributed by atoms with Crippen LogP contribution in [-0.2, 0) is 0 Å². The van der Waals surface area contributed by atoms with Crippen LogP contribution in [-0.4, -0.2) is 16.2 Å². The molecule has 0 amide bonds. The summed E-state index contributed by atoms with van der Waals surface area (Å²) in [4.78, 5) is 4.51. The number of hydrogen-bond donors (Lipinski definition) is 1. The number of ether oxygens (including phenoxy) is 1. The summed E-state index contributed by atoms with van der Waals surface area (Å²) in [6.07, 6.45) is 3.93. The molecule has 3 rings (SSSR count).